The van der Waals surface area contributed by atoms with Crippen LogP contribution in [0.25, 0.3) is 4.96 Å². The van der Waals surface area contributed by atoms with Gasteiger partial charge in [-0.3, -0.25) is 0 Å². The zero-order valence-corrected chi connectivity index (χ0v) is 15.4. The van der Waals surface area contributed by atoms with Gasteiger partial charge in [-0.15, -0.1) is 22.0 Å². The quantitative estimate of drug-likeness (QED) is 0.707. The standard InChI is InChI=1S/C16H18N4O2S2/c1-16(2,3)23-9-13-17-18-15-20(13)19-14(24-15)12-8-21-10-6-4-5-7-11(10)22-12/h4-7,12H,8-9H2,1-3H3. The van der Waals surface area contributed by atoms with Crippen molar-refractivity contribution in [2.24, 2.45) is 0 Å². The van der Waals surface area contributed by atoms with Gasteiger partial charge in [-0.05, 0) is 12.1 Å². The molecule has 24 heavy (non-hydrogen) atoms. The molecule has 0 saturated carbocycles. The minimum Gasteiger partial charge on any atom is -0.485 e. The molecule has 0 saturated heterocycles. The van der Waals surface area contributed by atoms with E-state index in [4.69, 9.17) is 9.47 Å². The number of nitrogens with zero attached hydrogens (tertiary/aromatic N) is 4. The summed E-state index contributed by atoms with van der Waals surface area (Å²) in [4.78, 5) is 0.789. The third kappa shape index (κ3) is 3.08. The second-order valence-electron chi connectivity index (χ2n) is 6.52. The van der Waals surface area contributed by atoms with Gasteiger partial charge in [0.25, 0.3) is 0 Å². The maximum absolute atomic E-state index is 6.03. The van der Waals surface area contributed by atoms with Gasteiger partial charge in [0, 0.05) is 4.75 Å². The number of fused-ring (bicyclic) bond motifs is 2. The SMILES string of the molecule is CC(C)(C)SCc1nnc2sc(C3COc4ccccc4O3)nn12. The Morgan fingerprint density at radius 2 is 2.04 bits per heavy atom. The number of rotatable bonds is 3. The van der Waals surface area contributed by atoms with E-state index in [9.17, 15) is 0 Å². The Morgan fingerprint density at radius 1 is 1.25 bits per heavy atom. The molecular formula is C16H18N4O2S2. The lowest BCUT2D eigenvalue weighted by Crippen LogP contribution is -2.21. The summed E-state index contributed by atoms with van der Waals surface area (Å²) in [6.07, 6.45) is -0.213. The average molecular weight is 362 g/mol. The van der Waals surface area contributed by atoms with Crippen molar-refractivity contribution in [3.05, 3.63) is 35.1 Å². The lowest BCUT2D eigenvalue weighted by atomic mass is 10.3. The Labute approximate surface area is 148 Å². The van der Waals surface area contributed by atoms with E-state index in [2.05, 4.69) is 36.1 Å². The van der Waals surface area contributed by atoms with Crippen LogP contribution in [0.1, 0.15) is 37.7 Å². The summed E-state index contributed by atoms with van der Waals surface area (Å²) in [5.41, 5.74) is 0. The largest absolute Gasteiger partial charge is 0.485 e. The van der Waals surface area contributed by atoms with Crippen LogP contribution in [0.15, 0.2) is 24.3 Å². The first-order valence-corrected chi connectivity index (χ1v) is 9.53. The van der Waals surface area contributed by atoms with E-state index in [0.717, 1.165) is 33.0 Å². The fourth-order valence-electron chi connectivity index (χ4n) is 2.31. The van der Waals surface area contributed by atoms with Crippen LogP contribution in [-0.4, -0.2) is 31.2 Å². The topological polar surface area (TPSA) is 61.5 Å². The molecule has 1 unspecified atom stereocenters. The predicted octanol–water partition coefficient (Wildman–Crippen LogP) is 3.73. The predicted molar refractivity (Wildman–Crippen MR) is 95.0 cm³/mol. The van der Waals surface area contributed by atoms with Crippen LogP contribution in [0.4, 0.5) is 0 Å². The fourth-order valence-corrected chi connectivity index (χ4v) is 3.93. The number of hydrogen-bond acceptors (Lipinski definition) is 7. The van der Waals surface area contributed by atoms with Crippen molar-refractivity contribution < 1.29 is 9.47 Å². The highest BCUT2D eigenvalue weighted by atomic mass is 32.2. The van der Waals surface area contributed by atoms with Gasteiger partial charge in [0.2, 0.25) is 4.96 Å². The summed E-state index contributed by atoms with van der Waals surface area (Å²) in [6.45, 7) is 7.01. The van der Waals surface area contributed by atoms with Crippen molar-refractivity contribution in [2.75, 3.05) is 6.61 Å². The van der Waals surface area contributed by atoms with Crippen molar-refractivity contribution in [3.8, 4) is 11.5 Å². The molecule has 0 bridgehead atoms. The average Bonchev–Trinajstić information content (AvgIpc) is 3.12. The molecule has 1 aliphatic rings. The van der Waals surface area contributed by atoms with Crippen molar-refractivity contribution in [3.63, 3.8) is 0 Å². The number of benzene rings is 1. The first-order valence-electron chi connectivity index (χ1n) is 7.73. The Bertz CT molecular complexity index is 868. The van der Waals surface area contributed by atoms with Gasteiger partial charge in [0.1, 0.15) is 6.61 Å². The molecule has 0 fully saturated rings. The molecule has 126 valence electrons. The second-order valence-corrected chi connectivity index (χ2v) is 9.31. The molecule has 1 aliphatic heterocycles. The Balaban J connectivity index is 1.57. The van der Waals surface area contributed by atoms with Gasteiger partial charge in [0.15, 0.2) is 28.4 Å². The van der Waals surface area contributed by atoms with Gasteiger partial charge in [-0.25, -0.2) is 0 Å². The fraction of sp³-hybridized carbons (Fsp3) is 0.438. The second kappa shape index (κ2) is 5.93. The van der Waals surface area contributed by atoms with E-state index in [0.29, 0.717) is 6.61 Å². The first kappa shape index (κ1) is 15.7. The maximum Gasteiger partial charge on any atom is 0.234 e. The molecule has 3 heterocycles. The van der Waals surface area contributed by atoms with Crippen LogP contribution >= 0.6 is 23.1 Å². The minimum absolute atomic E-state index is 0.175. The summed E-state index contributed by atoms with van der Waals surface area (Å²) in [5.74, 6) is 3.17. The van der Waals surface area contributed by atoms with E-state index in [-0.39, 0.29) is 10.9 Å². The van der Waals surface area contributed by atoms with E-state index in [1.807, 2.05) is 40.5 Å². The third-order valence-corrected chi connectivity index (χ3v) is 5.75. The lowest BCUT2D eigenvalue weighted by Gasteiger charge is -2.24. The van der Waals surface area contributed by atoms with E-state index >= 15 is 0 Å². The molecule has 0 spiro atoms. The Hall–Kier alpha value is -1.80. The van der Waals surface area contributed by atoms with Gasteiger partial charge >= 0.3 is 0 Å². The molecule has 8 heteroatoms. The van der Waals surface area contributed by atoms with Crippen LogP contribution < -0.4 is 9.47 Å². The summed E-state index contributed by atoms with van der Waals surface area (Å²) in [7, 11) is 0. The van der Waals surface area contributed by atoms with E-state index in [1.165, 1.54) is 11.3 Å². The highest BCUT2D eigenvalue weighted by molar-refractivity contribution is 7.99. The highest BCUT2D eigenvalue weighted by Gasteiger charge is 2.27. The smallest absolute Gasteiger partial charge is 0.234 e. The molecule has 2 aromatic heterocycles. The van der Waals surface area contributed by atoms with Crippen LogP contribution in [0.2, 0.25) is 0 Å². The Morgan fingerprint density at radius 3 is 2.83 bits per heavy atom. The molecule has 0 amide bonds. The molecule has 1 atom stereocenters. The highest BCUT2D eigenvalue weighted by Crippen LogP contribution is 2.37. The van der Waals surface area contributed by atoms with Crippen LogP contribution in [-0.2, 0) is 5.75 Å². The molecule has 0 aliphatic carbocycles. The van der Waals surface area contributed by atoms with Crippen molar-refractivity contribution in [1.29, 1.82) is 0 Å². The molecule has 4 rings (SSSR count). The van der Waals surface area contributed by atoms with Crippen LogP contribution in [0, 0.1) is 0 Å². The van der Waals surface area contributed by atoms with Gasteiger partial charge < -0.3 is 9.47 Å². The van der Waals surface area contributed by atoms with Crippen molar-refractivity contribution in [1.82, 2.24) is 19.8 Å². The summed E-state index contributed by atoms with van der Waals surface area (Å²) >= 11 is 3.32. The van der Waals surface area contributed by atoms with Crippen molar-refractivity contribution in [2.45, 2.75) is 37.4 Å². The van der Waals surface area contributed by atoms with Gasteiger partial charge in [-0.2, -0.15) is 9.61 Å². The molecule has 0 radical (unpaired) electrons. The summed E-state index contributed by atoms with van der Waals surface area (Å²) in [6, 6.07) is 7.69. The van der Waals surface area contributed by atoms with Crippen LogP contribution in [0.3, 0.4) is 0 Å². The zero-order chi connectivity index (χ0) is 16.7. The number of aromatic nitrogens is 4. The molecular weight excluding hydrogens is 344 g/mol. The lowest BCUT2D eigenvalue weighted by molar-refractivity contribution is 0.0904. The number of para-hydroxylation sites is 2. The minimum atomic E-state index is -0.213. The van der Waals surface area contributed by atoms with Gasteiger partial charge in [0.05, 0.1) is 5.75 Å². The third-order valence-electron chi connectivity index (χ3n) is 3.49. The maximum atomic E-state index is 6.03. The first-order chi connectivity index (χ1) is 11.5. The van der Waals surface area contributed by atoms with Crippen LogP contribution in [0.5, 0.6) is 11.5 Å². The molecule has 3 aromatic rings. The number of thioether (sulfide) groups is 1. The normalized spacial score (nSPS) is 17.4. The number of ether oxygens (including phenoxy) is 2. The summed E-state index contributed by atoms with van der Waals surface area (Å²) in [5, 5.41) is 14.0. The molecule has 6 nitrogen and oxygen atoms in total. The van der Waals surface area contributed by atoms with E-state index < -0.39 is 0 Å². The number of hydrogen-bond donors (Lipinski definition) is 0. The summed E-state index contributed by atoms with van der Waals surface area (Å²) < 4.78 is 13.8. The zero-order valence-electron chi connectivity index (χ0n) is 13.7. The van der Waals surface area contributed by atoms with Gasteiger partial charge in [-0.1, -0.05) is 44.2 Å². The molecule has 1 aromatic carbocycles. The molecule has 0 N–H and O–H groups in total. The monoisotopic (exact) mass is 362 g/mol. The van der Waals surface area contributed by atoms with E-state index in [1.54, 1.807) is 0 Å². The van der Waals surface area contributed by atoms with Crippen molar-refractivity contribution >= 4 is 28.1 Å². The Kier molecular flexibility index (Phi) is 3.88.